The summed E-state index contributed by atoms with van der Waals surface area (Å²) in [4.78, 5) is 32.4. The van der Waals surface area contributed by atoms with Crippen molar-refractivity contribution in [2.24, 2.45) is 0 Å². The van der Waals surface area contributed by atoms with Crippen molar-refractivity contribution in [3.63, 3.8) is 0 Å². The van der Waals surface area contributed by atoms with Crippen LogP contribution in [-0.2, 0) is 23.9 Å². The average Bonchev–Trinajstić information content (AvgIpc) is 2.28. The molecule has 0 aliphatic heterocycles. The summed E-state index contributed by atoms with van der Waals surface area (Å²) in [6, 6.07) is -0.743. The molecule has 0 aromatic carbocycles. The Balaban J connectivity index is 4.14. The quantitative estimate of drug-likeness (QED) is 0.371. The van der Waals surface area contributed by atoms with Gasteiger partial charge in [0.25, 0.3) is 0 Å². The second-order valence-electron chi connectivity index (χ2n) is 3.63. The Morgan fingerprint density at radius 2 is 2.06 bits per heavy atom. The molecular weight excluding hydrogens is 238 g/mol. The van der Waals surface area contributed by atoms with E-state index in [4.69, 9.17) is 9.47 Å². The zero-order chi connectivity index (χ0) is 14.0. The molecule has 0 aromatic heterocycles. The van der Waals surface area contributed by atoms with Crippen LogP contribution in [0.1, 0.15) is 26.7 Å². The van der Waals surface area contributed by atoms with Crippen LogP contribution in [0.5, 0.6) is 0 Å². The Kier molecular flexibility index (Phi) is 8.26. The van der Waals surface area contributed by atoms with E-state index in [1.807, 2.05) is 0 Å². The molecule has 6 heteroatoms. The zero-order valence-corrected chi connectivity index (χ0v) is 10.7. The van der Waals surface area contributed by atoms with E-state index in [2.05, 4.69) is 11.9 Å². The molecule has 102 valence electrons. The van der Waals surface area contributed by atoms with Crippen LogP contribution in [0.15, 0.2) is 12.2 Å². The van der Waals surface area contributed by atoms with Gasteiger partial charge in [0.05, 0.1) is 13.2 Å². The van der Waals surface area contributed by atoms with E-state index in [0.29, 0.717) is 18.4 Å². The van der Waals surface area contributed by atoms with Gasteiger partial charge in [-0.05, 0) is 13.3 Å². The summed E-state index contributed by atoms with van der Waals surface area (Å²) in [5.74, 6) is -0.867. The molecular formula is C12H19NO5. The maximum Gasteiger partial charge on any atom is 0.328 e. The van der Waals surface area contributed by atoms with Crippen LogP contribution in [-0.4, -0.2) is 37.6 Å². The van der Waals surface area contributed by atoms with E-state index in [1.54, 1.807) is 6.92 Å². The molecule has 0 aliphatic rings. The highest BCUT2D eigenvalue weighted by atomic mass is 16.5. The van der Waals surface area contributed by atoms with Crippen LogP contribution in [0.3, 0.4) is 0 Å². The van der Waals surface area contributed by atoms with Crippen molar-refractivity contribution >= 4 is 18.3 Å². The van der Waals surface area contributed by atoms with Gasteiger partial charge in [0, 0.05) is 13.3 Å². The summed E-state index contributed by atoms with van der Waals surface area (Å²) >= 11 is 0. The first-order valence-corrected chi connectivity index (χ1v) is 5.67. The monoisotopic (exact) mass is 257 g/mol. The minimum Gasteiger partial charge on any atom is -0.466 e. The van der Waals surface area contributed by atoms with Gasteiger partial charge in [-0.1, -0.05) is 12.2 Å². The van der Waals surface area contributed by atoms with E-state index in [0.717, 1.165) is 0 Å². The largest absolute Gasteiger partial charge is 0.466 e. The minimum atomic E-state index is -0.743. The average molecular weight is 257 g/mol. The van der Waals surface area contributed by atoms with Gasteiger partial charge >= 0.3 is 11.9 Å². The third-order valence-corrected chi connectivity index (χ3v) is 2.09. The first kappa shape index (κ1) is 16.1. The van der Waals surface area contributed by atoms with Crippen LogP contribution >= 0.6 is 0 Å². The summed E-state index contributed by atoms with van der Waals surface area (Å²) in [5.41, 5.74) is 0.698. The molecule has 0 saturated carbocycles. The Morgan fingerprint density at radius 1 is 1.39 bits per heavy atom. The third kappa shape index (κ3) is 7.43. The summed E-state index contributed by atoms with van der Waals surface area (Å²) in [7, 11) is 0. The maximum atomic E-state index is 11.5. The van der Waals surface area contributed by atoms with Gasteiger partial charge in [0.15, 0.2) is 0 Å². The van der Waals surface area contributed by atoms with Crippen LogP contribution < -0.4 is 5.32 Å². The molecule has 0 spiro atoms. The molecule has 6 nitrogen and oxygen atoms in total. The van der Waals surface area contributed by atoms with Crippen LogP contribution in [0.2, 0.25) is 0 Å². The van der Waals surface area contributed by atoms with Gasteiger partial charge in [0.1, 0.15) is 6.04 Å². The maximum absolute atomic E-state index is 11.5. The van der Waals surface area contributed by atoms with Gasteiger partial charge < -0.3 is 14.8 Å². The fraction of sp³-hybridized carbons (Fsp3) is 0.583. The molecule has 1 unspecified atom stereocenters. The number of hydrogen-bond acceptors (Lipinski definition) is 5. The summed E-state index contributed by atoms with van der Waals surface area (Å²) < 4.78 is 9.57. The summed E-state index contributed by atoms with van der Waals surface area (Å²) in [5, 5.41) is 2.37. The Morgan fingerprint density at radius 3 is 2.56 bits per heavy atom. The van der Waals surface area contributed by atoms with Crippen molar-refractivity contribution in [2.45, 2.75) is 32.7 Å². The number of hydrogen-bond donors (Lipinski definition) is 1. The highest BCUT2D eigenvalue weighted by Gasteiger charge is 2.19. The lowest BCUT2D eigenvalue weighted by Gasteiger charge is -2.15. The summed E-state index contributed by atoms with van der Waals surface area (Å²) in [6.07, 6.45) is 1.15. The van der Waals surface area contributed by atoms with Crippen LogP contribution in [0.25, 0.3) is 0 Å². The summed E-state index contributed by atoms with van der Waals surface area (Å²) in [6.45, 7) is 7.22. The van der Waals surface area contributed by atoms with Crippen molar-refractivity contribution in [3.05, 3.63) is 12.2 Å². The second-order valence-corrected chi connectivity index (χ2v) is 3.63. The number of nitrogens with one attached hydrogen (secondary N) is 1. The van der Waals surface area contributed by atoms with Crippen LogP contribution in [0.4, 0.5) is 0 Å². The fourth-order valence-corrected chi connectivity index (χ4v) is 1.27. The predicted molar refractivity (Wildman–Crippen MR) is 64.6 cm³/mol. The van der Waals surface area contributed by atoms with Crippen molar-refractivity contribution in [2.75, 3.05) is 13.2 Å². The van der Waals surface area contributed by atoms with E-state index in [1.165, 1.54) is 6.92 Å². The smallest absolute Gasteiger partial charge is 0.328 e. The fourth-order valence-electron chi connectivity index (χ4n) is 1.27. The number of ether oxygens (including phenoxy) is 2. The molecule has 0 aliphatic carbocycles. The highest BCUT2D eigenvalue weighted by molar-refractivity contribution is 5.78. The van der Waals surface area contributed by atoms with Crippen molar-refractivity contribution in [1.29, 1.82) is 0 Å². The number of carbonyl (C=O) groups excluding carboxylic acids is 3. The van der Waals surface area contributed by atoms with Gasteiger partial charge in [-0.2, -0.15) is 0 Å². The molecule has 18 heavy (non-hydrogen) atoms. The lowest BCUT2D eigenvalue weighted by atomic mass is 10.1. The van der Waals surface area contributed by atoms with Crippen molar-refractivity contribution < 1.29 is 23.9 Å². The molecule has 0 heterocycles. The Labute approximate surface area is 106 Å². The molecule has 1 amide bonds. The van der Waals surface area contributed by atoms with Crippen LogP contribution in [0, 0.1) is 0 Å². The topological polar surface area (TPSA) is 81.7 Å². The predicted octanol–water partition coefficient (Wildman–Crippen LogP) is 0.564. The van der Waals surface area contributed by atoms with Gasteiger partial charge in [-0.25, -0.2) is 4.79 Å². The lowest BCUT2D eigenvalue weighted by Crippen LogP contribution is -2.37. The number of carbonyl (C=O) groups is 3. The molecule has 0 rings (SSSR count). The van der Waals surface area contributed by atoms with E-state index in [-0.39, 0.29) is 25.6 Å². The molecule has 0 bridgehead atoms. The standard InChI is InChI=1S/C12H19NO5/c1-4-17-12(16)11(13-8-14)7-9(2)5-6-18-10(3)15/h8,11H,2,4-7H2,1,3H3,(H,13,14). The zero-order valence-electron chi connectivity index (χ0n) is 10.7. The number of amides is 1. The molecule has 0 saturated heterocycles. The van der Waals surface area contributed by atoms with Gasteiger partial charge in [-0.15, -0.1) is 0 Å². The van der Waals surface area contributed by atoms with Crippen molar-refractivity contribution in [1.82, 2.24) is 5.32 Å². The number of esters is 2. The Hall–Kier alpha value is -1.85. The molecule has 1 N–H and O–H groups in total. The Bertz CT molecular complexity index is 314. The van der Waals surface area contributed by atoms with E-state index >= 15 is 0 Å². The molecule has 0 fully saturated rings. The lowest BCUT2D eigenvalue weighted by molar-refractivity contribution is -0.146. The van der Waals surface area contributed by atoms with E-state index < -0.39 is 12.0 Å². The van der Waals surface area contributed by atoms with Gasteiger partial charge in [-0.3, -0.25) is 9.59 Å². The van der Waals surface area contributed by atoms with Gasteiger partial charge in [0.2, 0.25) is 6.41 Å². The highest BCUT2D eigenvalue weighted by Crippen LogP contribution is 2.09. The minimum absolute atomic E-state index is 0.213. The first-order chi connectivity index (χ1) is 8.51. The molecule has 0 aromatic rings. The van der Waals surface area contributed by atoms with E-state index in [9.17, 15) is 14.4 Å². The molecule has 1 atom stereocenters. The van der Waals surface area contributed by atoms with Crippen molar-refractivity contribution in [3.8, 4) is 0 Å². The second kappa shape index (κ2) is 9.21. The molecule has 0 radical (unpaired) electrons. The third-order valence-electron chi connectivity index (χ3n) is 2.09. The SMILES string of the molecule is C=C(CCOC(C)=O)CC(NC=O)C(=O)OCC. The normalized spacial score (nSPS) is 11.2. The first-order valence-electron chi connectivity index (χ1n) is 5.67. The number of rotatable bonds is 9.